The van der Waals surface area contributed by atoms with E-state index in [0.29, 0.717) is 17.3 Å². The molecule has 0 aliphatic carbocycles. The van der Waals surface area contributed by atoms with Gasteiger partial charge in [0.05, 0.1) is 10.5 Å². The van der Waals surface area contributed by atoms with Gasteiger partial charge in [0, 0.05) is 29.0 Å². The molecule has 0 bridgehead atoms. The van der Waals surface area contributed by atoms with E-state index in [0.717, 1.165) is 34.9 Å². The number of fused-ring (bicyclic) bond motifs is 1. The Balaban J connectivity index is 1.86. The number of nitrogens with zero attached hydrogens (tertiary/aromatic N) is 3. The summed E-state index contributed by atoms with van der Waals surface area (Å²) in [4.78, 5) is 13.5. The highest BCUT2D eigenvalue weighted by atomic mass is 35.5. The molecule has 0 unspecified atom stereocenters. The van der Waals surface area contributed by atoms with Gasteiger partial charge < -0.3 is 5.32 Å². The molecule has 2 aromatic carbocycles. The maximum atomic E-state index is 13.5. The minimum absolute atomic E-state index is 0.0496. The van der Waals surface area contributed by atoms with E-state index in [4.69, 9.17) is 16.6 Å². The average Bonchev–Trinajstić information content (AvgIpc) is 2.72. The lowest BCUT2D eigenvalue weighted by Crippen LogP contribution is -2.00. The summed E-state index contributed by atoms with van der Waals surface area (Å²) in [5.41, 5.74) is 3.41. The molecule has 0 atom stereocenters. The van der Waals surface area contributed by atoms with Gasteiger partial charge in [0.25, 0.3) is 0 Å². The third-order valence-corrected chi connectivity index (χ3v) is 4.62. The lowest BCUT2D eigenvalue weighted by molar-refractivity contribution is 0.628. The Morgan fingerprint density at radius 1 is 1.07 bits per heavy atom. The second-order valence-corrected chi connectivity index (χ2v) is 6.75. The molecular weight excluding hydrogens is 375 g/mol. The Kier molecular flexibility index (Phi) is 5.17. The maximum absolute atomic E-state index is 13.5. The van der Waals surface area contributed by atoms with Crippen LogP contribution in [0.25, 0.3) is 22.3 Å². The summed E-state index contributed by atoms with van der Waals surface area (Å²) in [7, 11) is 0. The molecule has 4 rings (SSSR count). The van der Waals surface area contributed by atoms with Gasteiger partial charge in [-0.15, -0.1) is 0 Å². The maximum Gasteiger partial charge on any atom is 0.163 e. The Morgan fingerprint density at radius 3 is 2.71 bits per heavy atom. The molecule has 0 saturated heterocycles. The number of aryl methyl sites for hydroxylation is 1. The van der Waals surface area contributed by atoms with Gasteiger partial charge in [0.15, 0.2) is 5.82 Å². The van der Waals surface area contributed by atoms with Crippen LogP contribution in [0, 0.1) is 12.7 Å². The first-order chi connectivity index (χ1) is 13.6. The zero-order chi connectivity index (χ0) is 19.5. The highest BCUT2D eigenvalue weighted by Gasteiger charge is 2.12. The van der Waals surface area contributed by atoms with Crippen LogP contribution in [0.2, 0.25) is 5.02 Å². The Labute approximate surface area is 167 Å². The molecule has 1 N–H and O–H groups in total. The monoisotopic (exact) mass is 391 g/mol. The van der Waals surface area contributed by atoms with Crippen LogP contribution in [-0.2, 0) is 6.42 Å². The van der Waals surface area contributed by atoms with Gasteiger partial charge in [0.1, 0.15) is 11.6 Å². The van der Waals surface area contributed by atoms with Gasteiger partial charge in [0.2, 0.25) is 0 Å². The van der Waals surface area contributed by atoms with Gasteiger partial charge in [-0.1, -0.05) is 24.6 Å². The molecule has 0 spiro atoms. The molecule has 6 heteroatoms. The van der Waals surface area contributed by atoms with E-state index >= 15 is 0 Å². The molecule has 28 heavy (non-hydrogen) atoms. The Hall–Kier alpha value is -3.05. The number of hydrogen-bond acceptors (Lipinski definition) is 4. The van der Waals surface area contributed by atoms with Crippen LogP contribution >= 0.6 is 11.6 Å². The fourth-order valence-electron chi connectivity index (χ4n) is 2.97. The van der Waals surface area contributed by atoms with Crippen LogP contribution in [0.3, 0.4) is 0 Å². The summed E-state index contributed by atoms with van der Waals surface area (Å²) in [6.07, 6.45) is 5.09. The molecule has 2 heterocycles. The van der Waals surface area contributed by atoms with Crippen LogP contribution < -0.4 is 5.32 Å². The quantitative estimate of drug-likeness (QED) is 0.453. The minimum atomic E-state index is -0.464. The van der Waals surface area contributed by atoms with E-state index in [1.165, 1.54) is 12.1 Å². The highest BCUT2D eigenvalue weighted by Crippen LogP contribution is 2.29. The van der Waals surface area contributed by atoms with E-state index in [2.05, 4.69) is 28.3 Å². The SMILES string of the molecule is [CH2]CCc1ccc2nc(-c3cccnc3)nc(Nc3ccc(F)c(Cl)c3)c2c1. The molecular formula is C22H17ClFN4. The van der Waals surface area contributed by atoms with Crippen molar-refractivity contribution in [2.45, 2.75) is 12.8 Å². The van der Waals surface area contributed by atoms with Crippen LogP contribution in [0.5, 0.6) is 0 Å². The molecule has 0 aliphatic heterocycles. The number of nitrogens with one attached hydrogen (secondary N) is 1. The number of hydrogen-bond donors (Lipinski definition) is 1. The topological polar surface area (TPSA) is 50.7 Å². The standard InChI is InChI=1S/C22H17ClFN4/c1-2-4-14-6-9-20-17(11-14)22(26-16-7-8-19(24)18(23)12-16)28-21(27-20)15-5-3-10-25-13-15/h3,5-13H,1-2,4H2,(H,26,27,28). The number of benzene rings is 2. The second kappa shape index (κ2) is 7.90. The van der Waals surface area contributed by atoms with Crippen LogP contribution in [0.4, 0.5) is 15.9 Å². The number of pyridine rings is 1. The Morgan fingerprint density at radius 2 is 1.96 bits per heavy atom. The summed E-state index contributed by atoms with van der Waals surface area (Å²) >= 11 is 5.93. The number of rotatable bonds is 5. The summed E-state index contributed by atoms with van der Waals surface area (Å²) in [6, 6.07) is 14.3. The molecule has 1 radical (unpaired) electrons. The average molecular weight is 392 g/mol. The normalized spacial score (nSPS) is 11.0. The van der Waals surface area contributed by atoms with Crippen LogP contribution in [0.1, 0.15) is 12.0 Å². The molecule has 0 aliphatic rings. The van der Waals surface area contributed by atoms with E-state index in [1.807, 2.05) is 24.3 Å². The second-order valence-electron chi connectivity index (χ2n) is 6.35. The number of anilines is 2. The van der Waals surface area contributed by atoms with E-state index in [9.17, 15) is 4.39 Å². The van der Waals surface area contributed by atoms with Crippen molar-refractivity contribution in [2.24, 2.45) is 0 Å². The zero-order valence-electron chi connectivity index (χ0n) is 15.0. The first kappa shape index (κ1) is 18.3. The van der Waals surface area contributed by atoms with Crippen molar-refractivity contribution in [3.05, 3.63) is 84.3 Å². The van der Waals surface area contributed by atoms with Gasteiger partial charge in [-0.2, -0.15) is 0 Å². The number of aromatic nitrogens is 3. The molecule has 0 amide bonds. The lowest BCUT2D eigenvalue weighted by Gasteiger charge is -2.12. The molecule has 4 aromatic rings. The fourth-order valence-corrected chi connectivity index (χ4v) is 3.15. The Bertz CT molecular complexity index is 1130. The van der Waals surface area contributed by atoms with Crippen molar-refractivity contribution in [1.82, 2.24) is 15.0 Å². The zero-order valence-corrected chi connectivity index (χ0v) is 15.7. The van der Waals surface area contributed by atoms with Crippen LogP contribution in [-0.4, -0.2) is 15.0 Å². The summed E-state index contributed by atoms with van der Waals surface area (Å²) in [5.74, 6) is 0.715. The number of halogens is 2. The third-order valence-electron chi connectivity index (χ3n) is 4.33. The summed E-state index contributed by atoms with van der Waals surface area (Å²) < 4.78 is 13.5. The van der Waals surface area contributed by atoms with Gasteiger partial charge in [-0.3, -0.25) is 4.98 Å². The lowest BCUT2D eigenvalue weighted by atomic mass is 10.1. The first-order valence-electron chi connectivity index (χ1n) is 8.86. The molecule has 2 aromatic heterocycles. The molecule has 0 saturated carbocycles. The van der Waals surface area contributed by atoms with E-state index in [1.54, 1.807) is 18.5 Å². The van der Waals surface area contributed by atoms with Gasteiger partial charge >= 0.3 is 0 Å². The molecule has 139 valence electrons. The summed E-state index contributed by atoms with van der Waals surface area (Å²) in [5, 5.41) is 4.18. The van der Waals surface area contributed by atoms with Crippen molar-refractivity contribution in [1.29, 1.82) is 0 Å². The molecule has 4 nitrogen and oxygen atoms in total. The predicted molar refractivity (Wildman–Crippen MR) is 111 cm³/mol. The summed E-state index contributed by atoms with van der Waals surface area (Å²) in [6.45, 7) is 3.92. The predicted octanol–water partition coefficient (Wildman–Crippen LogP) is 5.99. The van der Waals surface area contributed by atoms with Crippen LogP contribution in [0.15, 0.2) is 60.9 Å². The smallest absolute Gasteiger partial charge is 0.163 e. The first-order valence-corrected chi connectivity index (χ1v) is 9.24. The third kappa shape index (κ3) is 3.80. The van der Waals surface area contributed by atoms with E-state index in [-0.39, 0.29) is 5.02 Å². The van der Waals surface area contributed by atoms with Crippen molar-refractivity contribution >= 4 is 34.0 Å². The van der Waals surface area contributed by atoms with Crippen molar-refractivity contribution in [2.75, 3.05) is 5.32 Å². The van der Waals surface area contributed by atoms with Crippen molar-refractivity contribution in [3.63, 3.8) is 0 Å². The highest BCUT2D eigenvalue weighted by molar-refractivity contribution is 6.31. The largest absolute Gasteiger partial charge is 0.340 e. The van der Waals surface area contributed by atoms with Gasteiger partial charge in [-0.25, -0.2) is 14.4 Å². The minimum Gasteiger partial charge on any atom is -0.340 e. The van der Waals surface area contributed by atoms with Gasteiger partial charge in [-0.05, 0) is 60.9 Å². The van der Waals surface area contributed by atoms with Crippen molar-refractivity contribution < 1.29 is 4.39 Å². The van der Waals surface area contributed by atoms with E-state index < -0.39 is 5.82 Å². The molecule has 0 fully saturated rings. The fraction of sp³-hybridized carbons (Fsp3) is 0.0909. The van der Waals surface area contributed by atoms with Crippen molar-refractivity contribution in [3.8, 4) is 11.4 Å².